The number of carbonyl (C=O) groups excluding carboxylic acids is 1. The summed E-state index contributed by atoms with van der Waals surface area (Å²) in [5, 5.41) is 0. The Bertz CT molecular complexity index is 609. The summed E-state index contributed by atoms with van der Waals surface area (Å²) in [6.45, 7) is 2.66. The van der Waals surface area contributed by atoms with Crippen molar-refractivity contribution in [2.45, 2.75) is 25.8 Å². The van der Waals surface area contributed by atoms with Crippen molar-refractivity contribution >= 4 is 5.91 Å². The van der Waals surface area contributed by atoms with E-state index in [9.17, 15) is 4.79 Å². The number of aromatic nitrogens is 2. The highest BCUT2D eigenvalue weighted by atomic mass is 16.3. The van der Waals surface area contributed by atoms with Gasteiger partial charge in [0.1, 0.15) is 17.2 Å². The highest BCUT2D eigenvalue weighted by Gasteiger charge is 2.36. The Hall–Kier alpha value is -2.17. The number of carbonyl (C=O) groups is 1. The molecule has 5 heteroatoms. The fraction of sp³-hybridized carbons (Fsp3) is 0.400. The first-order valence-electron chi connectivity index (χ1n) is 6.75. The molecule has 1 saturated carbocycles. The van der Waals surface area contributed by atoms with Gasteiger partial charge in [-0.1, -0.05) is 6.92 Å². The molecule has 1 aliphatic carbocycles. The first-order chi connectivity index (χ1) is 9.65. The van der Waals surface area contributed by atoms with Crippen LogP contribution in [-0.4, -0.2) is 27.8 Å². The second kappa shape index (κ2) is 5.07. The molecule has 0 aromatic carbocycles. The molecular formula is C15H17N3O2. The minimum absolute atomic E-state index is 0.157. The van der Waals surface area contributed by atoms with E-state index in [4.69, 9.17) is 4.42 Å². The smallest absolute Gasteiger partial charge is 0.274 e. The van der Waals surface area contributed by atoms with E-state index in [1.165, 1.54) is 18.8 Å². The molecule has 0 bridgehead atoms. The van der Waals surface area contributed by atoms with Gasteiger partial charge in [-0.15, -0.1) is 0 Å². The standard InChI is InChI=1S/C15H17N3O2/c1-10-7-12(10)14-4-3-11(20-14)9-18(2)15(19)13-8-16-5-6-17-13/h3-6,8,10,12H,7,9H2,1-2H3. The average Bonchev–Trinajstić information content (AvgIpc) is 3.01. The van der Waals surface area contributed by atoms with Gasteiger partial charge in [0.15, 0.2) is 0 Å². The van der Waals surface area contributed by atoms with E-state index >= 15 is 0 Å². The molecule has 5 nitrogen and oxygen atoms in total. The Morgan fingerprint density at radius 2 is 2.25 bits per heavy atom. The molecular weight excluding hydrogens is 254 g/mol. The van der Waals surface area contributed by atoms with Crippen LogP contribution in [0.5, 0.6) is 0 Å². The lowest BCUT2D eigenvalue weighted by atomic mass is 10.3. The summed E-state index contributed by atoms with van der Waals surface area (Å²) in [6, 6.07) is 3.96. The van der Waals surface area contributed by atoms with Crippen LogP contribution in [0.15, 0.2) is 35.1 Å². The van der Waals surface area contributed by atoms with Crippen LogP contribution < -0.4 is 0 Å². The van der Waals surface area contributed by atoms with E-state index in [2.05, 4.69) is 16.9 Å². The predicted molar refractivity (Wildman–Crippen MR) is 73.1 cm³/mol. The van der Waals surface area contributed by atoms with E-state index in [1.54, 1.807) is 18.1 Å². The van der Waals surface area contributed by atoms with Gasteiger partial charge in [-0.3, -0.25) is 9.78 Å². The molecule has 3 rings (SSSR count). The Balaban J connectivity index is 1.65. The summed E-state index contributed by atoms with van der Waals surface area (Å²) in [6.07, 6.45) is 5.73. The van der Waals surface area contributed by atoms with Crippen molar-refractivity contribution in [3.63, 3.8) is 0 Å². The number of hydrogen-bond acceptors (Lipinski definition) is 4. The van der Waals surface area contributed by atoms with Gasteiger partial charge < -0.3 is 9.32 Å². The topological polar surface area (TPSA) is 59.2 Å². The van der Waals surface area contributed by atoms with E-state index in [1.807, 2.05) is 12.1 Å². The van der Waals surface area contributed by atoms with Gasteiger partial charge in [-0.05, 0) is 24.5 Å². The minimum atomic E-state index is -0.157. The Morgan fingerprint density at radius 3 is 2.90 bits per heavy atom. The molecule has 20 heavy (non-hydrogen) atoms. The predicted octanol–water partition coefficient (Wildman–Crippen LogP) is 2.47. The van der Waals surface area contributed by atoms with Gasteiger partial charge in [0.05, 0.1) is 12.7 Å². The van der Waals surface area contributed by atoms with Crippen molar-refractivity contribution < 1.29 is 9.21 Å². The molecule has 2 heterocycles. The van der Waals surface area contributed by atoms with Gasteiger partial charge in [-0.2, -0.15) is 0 Å². The molecule has 1 aliphatic rings. The minimum Gasteiger partial charge on any atom is -0.464 e. The highest BCUT2D eigenvalue weighted by molar-refractivity contribution is 5.91. The largest absolute Gasteiger partial charge is 0.464 e. The second-order valence-corrected chi connectivity index (χ2v) is 5.38. The SMILES string of the molecule is CC1CC1c1ccc(CN(C)C(=O)c2cnccn2)o1. The van der Waals surface area contributed by atoms with Crippen molar-refractivity contribution in [1.29, 1.82) is 0 Å². The lowest BCUT2D eigenvalue weighted by Crippen LogP contribution is -2.26. The van der Waals surface area contributed by atoms with Crippen molar-refractivity contribution in [3.8, 4) is 0 Å². The van der Waals surface area contributed by atoms with Crippen molar-refractivity contribution in [1.82, 2.24) is 14.9 Å². The van der Waals surface area contributed by atoms with Crippen LogP contribution in [0.4, 0.5) is 0 Å². The summed E-state index contributed by atoms with van der Waals surface area (Å²) >= 11 is 0. The van der Waals surface area contributed by atoms with E-state index in [0.29, 0.717) is 24.1 Å². The maximum Gasteiger partial charge on any atom is 0.274 e. The number of furan rings is 1. The summed E-state index contributed by atoms with van der Waals surface area (Å²) in [5.41, 5.74) is 0.345. The van der Waals surface area contributed by atoms with Crippen LogP contribution in [0, 0.1) is 5.92 Å². The van der Waals surface area contributed by atoms with E-state index in [0.717, 1.165) is 11.5 Å². The van der Waals surface area contributed by atoms with Crippen LogP contribution in [0.1, 0.15) is 41.3 Å². The second-order valence-electron chi connectivity index (χ2n) is 5.38. The van der Waals surface area contributed by atoms with Gasteiger partial charge >= 0.3 is 0 Å². The molecule has 2 atom stereocenters. The summed E-state index contributed by atoms with van der Waals surface area (Å²) in [4.78, 5) is 21.6. The van der Waals surface area contributed by atoms with Crippen molar-refractivity contribution in [3.05, 3.63) is 47.9 Å². The zero-order valence-electron chi connectivity index (χ0n) is 11.6. The van der Waals surface area contributed by atoms with Gasteiger partial charge in [0, 0.05) is 25.4 Å². The fourth-order valence-electron chi connectivity index (χ4n) is 2.31. The molecule has 2 unspecified atom stereocenters. The molecule has 2 aromatic heterocycles. The molecule has 0 aliphatic heterocycles. The zero-order chi connectivity index (χ0) is 14.1. The molecule has 1 fully saturated rings. The van der Waals surface area contributed by atoms with Crippen molar-refractivity contribution in [2.75, 3.05) is 7.05 Å². The number of hydrogen-bond donors (Lipinski definition) is 0. The lowest BCUT2D eigenvalue weighted by Gasteiger charge is -2.14. The molecule has 104 valence electrons. The fourth-order valence-corrected chi connectivity index (χ4v) is 2.31. The molecule has 2 aromatic rings. The quantitative estimate of drug-likeness (QED) is 0.857. The number of amides is 1. The first kappa shape index (κ1) is 12.8. The van der Waals surface area contributed by atoms with Crippen LogP contribution in [0.3, 0.4) is 0 Å². The summed E-state index contributed by atoms with van der Waals surface area (Å²) in [7, 11) is 1.74. The highest BCUT2D eigenvalue weighted by Crippen LogP contribution is 2.47. The maximum absolute atomic E-state index is 12.1. The van der Waals surface area contributed by atoms with Crippen molar-refractivity contribution in [2.24, 2.45) is 5.92 Å². The third-order valence-corrected chi connectivity index (χ3v) is 3.68. The summed E-state index contributed by atoms with van der Waals surface area (Å²) < 4.78 is 5.80. The number of rotatable bonds is 4. The third-order valence-electron chi connectivity index (χ3n) is 3.68. The first-order valence-corrected chi connectivity index (χ1v) is 6.75. The molecule has 0 N–H and O–H groups in total. The molecule has 0 saturated heterocycles. The Kier molecular flexibility index (Phi) is 3.26. The van der Waals surface area contributed by atoms with Crippen LogP contribution in [0.2, 0.25) is 0 Å². The van der Waals surface area contributed by atoms with Gasteiger partial charge in [0.25, 0.3) is 5.91 Å². The summed E-state index contributed by atoms with van der Waals surface area (Å²) in [5.74, 6) is 2.96. The zero-order valence-corrected chi connectivity index (χ0v) is 11.6. The van der Waals surface area contributed by atoms with Gasteiger partial charge in [0.2, 0.25) is 0 Å². The van der Waals surface area contributed by atoms with Gasteiger partial charge in [-0.25, -0.2) is 4.98 Å². The number of nitrogens with zero attached hydrogens (tertiary/aromatic N) is 3. The molecule has 0 spiro atoms. The Morgan fingerprint density at radius 1 is 1.45 bits per heavy atom. The van der Waals surface area contributed by atoms with Crippen LogP contribution >= 0.6 is 0 Å². The van der Waals surface area contributed by atoms with Crippen LogP contribution in [-0.2, 0) is 6.54 Å². The third kappa shape index (κ3) is 2.57. The molecule has 1 amide bonds. The monoisotopic (exact) mass is 271 g/mol. The lowest BCUT2D eigenvalue weighted by molar-refractivity contribution is 0.0768. The Labute approximate surface area is 117 Å². The molecule has 0 radical (unpaired) electrons. The van der Waals surface area contributed by atoms with Crippen LogP contribution in [0.25, 0.3) is 0 Å². The normalized spacial score (nSPS) is 20.7. The average molecular weight is 271 g/mol. The maximum atomic E-state index is 12.1. The van der Waals surface area contributed by atoms with E-state index in [-0.39, 0.29) is 5.91 Å². The van der Waals surface area contributed by atoms with E-state index < -0.39 is 0 Å².